The van der Waals surface area contributed by atoms with Crippen LogP contribution in [0.1, 0.15) is 51.6 Å². The van der Waals surface area contributed by atoms with E-state index in [2.05, 4.69) is 10.2 Å². The lowest BCUT2D eigenvalue weighted by atomic mass is 9.84. The molecule has 0 bridgehead atoms. The van der Waals surface area contributed by atoms with E-state index in [1.807, 2.05) is 0 Å². The smallest absolute Gasteiger partial charge is 0.293 e. The summed E-state index contributed by atoms with van der Waals surface area (Å²) in [7, 11) is 0. The summed E-state index contributed by atoms with van der Waals surface area (Å²) >= 11 is 0. The number of benzene rings is 1. The summed E-state index contributed by atoms with van der Waals surface area (Å²) in [6.45, 7) is 6.57. The Morgan fingerprint density at radius 3 is 2.58 bits per heavy atom. The molecule has 0 aromatic heterocycles. The summed E-state index contributed by atoms with van der Waals surface area (Å²) in [5.41, 5.74) is -0.347. The van der Waals surface area contributed by atoms with Crippen molar-refractivity contribution < 1.29 is 19.6 Å². The van der Waals surface area contributed by atoms with E-state index in [9.17, 15) is 20.0 Å². The van der Waals surface area contributed by atoms with Gasteiger partial charge in [0.2, 0.25) is 5.91 Å². The zero-order valence-corrected chi connectivity index (χ0v) is 15.3. The number of nitrogens with zero attached hydrogens (tertiary/aromatic N) is 2. The Labute approximate surface area is 152 Å². The number of amides is 1. The molecule has 2 aliphatic heterocycles. The van der Waals surface area contributed by atoms with E-state index in [-0.39, 0.29) is 17.4 Å². The van der Waals surface area contributed by atoms with Crippen LogP contribution in [0.2, 0.25) is 0 Å². The van der Waals surface area contributed by atoms with Gasteiger partial charge in [0, 0.05) is 24.6 Å². The molecular weight excluding hydrogens is 338 g/mol. The second kappa shape index (κ2) is 6.85. The number of nitro groups is 1. The number of carbonyl (C=O) groups excluding carboxylic acids is 1. The van der Waals surface area contributed by atoms with Crippen LogP contribution in [0.4, 0.5) is 11.4 Å². The number of ether oxygens (including phenoxy) is 1. The quantitative estimate of drug-likeness (QED) is 0.632. The minimum Gasteiger partial charge on any atom is -0.485 e. The summed E-state index contributed by atoms with van der Waals surface area (Å²) in [5, 5.41) is 25.0. The molecule has 142 valence electrons. The van der Waals surface area contributed by atoms with Gasteiger partial charge < -0.3 is 15.2 Å². The van der Waals surface area contributed by atoms with E-state index in [1.165, 1.54) is 19.1 Å². The van der Waals surface area contributed by atoms with Crippen molar-refractivity contribution in [3.63, 3.8) is 0 Å². The Hall–Kier alpha value is -2.19. The largest absolute Gasteiger partial charge is 0.485 e. The van der Waals surface area contributed by atoms with Crippen LogP contribution < -0.4 is 10.1 Å². The molecule has 2 atom stereocenters. The predicted molar refractivity (Wildman–Crippen MR) is 96.3 cm³/mol. The average Bonchev–Trinajstić information content (AvgIpc) is 2.55. The van der Waals surface area contributed by atoms with Crippen molar-refractivity contribution in [2.24, 2.45) is 0 Å². The van der Waals surface area contributed by atoms with Crippen molar-refractivity contribution in [3.05, 3.63) is 27.8 Å². The minimum atomic E-state index is -0.848. The number of carbonyl (C=O) groups is 1. The van der Waals surface area contributed by atoms with Gasteiger partial charge in [0.05, 0.1) is 11.0 Å². The van der Waals surface area contributed by atoms with E-state index in [0.29, 0.717) is 11.3 Å². The van der Waals surface area contributed by atoms with Crippen LogP contribution in [-0.4, -0.2) is 45.6 Å². The molecule has 0 spiro atoms. The second-order valence-corrected chi connectivity index (χ2v) is 7.54. The molecule has 8 nitrogen and oxygen atoms in total. The number of hydrogen-bond donors (Lipinski definition) is 2. The normalized spacial score (nSPS) is 25.1. The van der Waals surface area contributed by atoms with Crippen LogP contribution in [0, 0.1) is 10.1 Å². The van der Waals surface area contributed by atoms with Gasteiger partial charge in [-0.1, -0.05) is 6.42 Å². The highest BCUT2D eigenvalue weighted by atomic mass is 16.6. The minimum absolute atomic E-state index is 0.103. The molecule has 2 heterocycles. The lowest BCUT2D eigenvalue weighted by Gasteiger charge is -2.47. The lowest BCUT2D eigenvalue weighted by molar-refractivity contribution is -0.384. The van der Waals surface area contributed by atoms with Crippen LogP contribution in [-0.2, 0) is 4.79 Å². The molecule has 8 heteroatoms. The Balaban J connectivity index is 2.12. The van der Waals surface area contributed by atoms with Crippen LogP contribution in [0.15, 0.2) is 12.1 Å². The predicted octanol–water partition coefficient (Wildman–Crippen LogP) is 2.61. The van der Waals surface area contributed by atoms with Crippen molar-refractivity contribution in [1.82, 2.24) is 4.90 Å². The Bertz CT molecular complexity index is 728. The molecule has 2 aliphatic rings. The molecular formula is C18H25N3O5. The topological polar surface area (TPSA) is 105 Å². The van der Waals surface area contributed by atoms with E-state index in [0.717, 1.165) is 32.4 Å². The zero-order valence-electron chi connectivity index (χ0n) is 15.3. The van der Waals surface area contributed by atoms with Crippen LogP contribution in [0.25, 0.3) is 0 Å². The molecule has 0 radical (unpaired) electrons. The summed E-state index contributed by atoms with van der Waals surface area (Å²) < 4.78 is 5.96. The third kappa shape index (κ3) is 3.39. The number of aliphatic hydroxyl groups excluding tert-OH is 1. The van der Waals surface area contributed by atoms with Crippen molar-refractivity contribution >= 4 is 17.3 Å². The highest BCUT2D eigenvalue weighted by Gasteiger charge is 2.46. The molecule has 2 unspecified atom stereocenters. The van der Waals surface area contributed by atoms with Crippen molar-refractivity contribution in [1.29, 1.82) is 0 Å². The lowest BCUT2D eigenvalue weighted by Crippen LogP contribution is -2.54. The molecule has 26 heavy (non-hydrogen) atoms. The molecule has 1 fully saturated rings. The molecule has 1 saturated heterocycles. The van der Waals surface area contributed by atoms with Gasteiger partial charge in [-0.15, -0.1) is 0 Å². The first-order chi connectivity index (χ1) is 12.2. The zero-order chi connectivity index (χ0) is 19.1. The fourth-order valence-corrected chi connectivity index (χ4v) is 3.83. The number of rotatable bonds is 3. The number of hydrogen-bond acceptors (Lipinski definition) is 6. The van der Waals surface area contributed by atoms with Crippen molar-refractivity contribution in [3.8, 4) is 5.75 Å². The maximum Gasteiger partial charge on any atom is 0.293 e. The Kier molecular flexibility index (Phi) is 4.90. The average molecular weight is 363 g/mol. The van der Waals surface area contributed by atoms with Gasteiger partial charge in [0.1, 0.15) is 23.1 Å². The molecule has 1 amide bonds. The van der Waals surface area contributed by atoms with Gasteiger partial charge in [-0.25, -0.2) is 0 Å². The highest BCUT2D eigenvalue weighted by Crippen LogP contribution is 2.47. The molecule has 0 aliphatic carbocycles. The van der Waals surface area contributed by atoms with Crippen LogP contribution in [0.3, 0.4) is 0 Å². The third-order valence-electron chi connectivity index (χ3n) is 5.12. The Morgan fingerprint density at radius 1 is 1.35 bits per heavy atom. The van der Waals surface area contributed by atoms with E-state index < -0.39 is 22.5 Å². The molecule has 3 rings (SSSR count). The SMILES string of the molecule is CC(=O)Nc1cc2c(cc1[N+](=O)[O-])C(N1CCCCC1)C(O)C(C)(C)O2. The maximum atomic E-state index is 11.5. The van der Waals surface area contributed by atoms with Crippen LogP contribution in [0.5, 0.6) is 5.75 Å². The standard InChI is InChI=1S/C18H25N3O5/c1-11(22)19-13-10-15-12(9-14(13)21(24)25)16(17(23)18(2,3)26-15)20-7-5-4-6-8-20/h9-10,16-17,23H,4-8H2,1-3H3,(H,19,22). The van der Waals surface area contributed by atoms with Crippen molar-refractivity contribution in [2.75, 3.05) is 18.4 Å². The molecule has 2 N–H and O–H groups in total. The number of nitro benzene ring substituents is 1. The van der Waals surface area contributed by atoms with Gasteiger partial charge in [-0.3, -0.25) is 19.8 Å². The van der Waals surface area contributed by atoms with Gasteiger partial charge in [-0.2, -0.15) is 0 Å². The summed E-state index contributed by atoms with van der Waals surface area (Å²) in [6.07, 6.45) is 2.39. The molecule has 1 aromatic carbocycles. The van der Waals surface area contributed by atoms with Gasteiger partial charge in [-0.05, 0) is 39.8 Å². The number of anilines is 1. The molecule has 1 aromatic rings. The first kappa shape index (κ1) is 18.6. The first-order valence-corrected chi connectivity index (χ1v) is 8.92. The third-order valence-corrected chi connectivity index (χ3v) is 5.12. The summed E-state index contributed by atoms with van der Waals surface area (Å²) in [6, 6.07) is 2.55. The first-order valence-electron chi connectivity index (χ1n) is 8.92. The van der Waals surface area contributed by atoms with Crippen molar-refractivity contribution in [2.45, 2.75) is 57.8 Å². The fourth-order valence-electron chi connectivity index (χ4n) is 3.83. The molecule has 0 saturated carbocycles. The second-order valence-electron chi connectivity index (χ2n) is 7.54. The monoisotopic (exact) mass is 363 g/mol. The Morgan fingerprint density at radius 2 is 2.00 bits per heavy atom. The number of nitrogens with one attached hydrogen (secondary N) is 1. The summed E-state index contributed by atoms with van der Waals surface area (Å²) in [4.78, 5) is 24.6. The van der Waals surface area contributed by atoms with E-state index >= 15 is 0 Å². The maximum absolute atomic E-state index is 11.5. The number of aliphatic hydroxyl groups is 1. The van der Waals surface area contributed by atoms with Crippen LogP contribution >= 0.6 is 0 Å². The van der Waals surface area contributed by atoms with E-state index in [4.69, 9.17) is 4.74 Å². The van der Waals surface area contributed by atoms with E-state index in [1.54, 1.807) is 13.8 Å². The summed E-state index contributed by atoms with van der Waals surface area (Å²) in [5.74, 6) is 0.0703. The van der Waals surface area contributed by atoms with Gasteiger partial charge >= 0.3 is 0 Å². The van der Waals surface area contributed by atoms with Gasteiger partial charge in [0.25, 0.3) is 5.69 Å². The number of likely N-dealkylation sites (tertiary alicyclic amines) is 1. The number of piperidine rings is 1. The highest BCUT2D eigenvalue weighted by molar-refractivity contribution is 5.92. The van der Waals surface area contributed by atoms with Gasteiger partial charge in [0.15, 0.2) is 0 Å². The fraction of sp³-hybridized carbons (Fsp3) is 0.611. The number of fused-ring (bicyclic) bond motifs is 1.